The number of imidazole rings is 1. The van der Waals surface area contributed by atoms with Gasteiger partial charge in [0.2, 0.25) is 5.91 Å². The average Bonchev–Trinajstić information content (AvgIpc) is 3.12. The lowest BCUT2D eigenvalue weighted by molar-refractivity contribution is -0.116. The molecule has 0 saturated carbocycles. The van der Waals surface area contributed by atoms with Crippen LogP contribution in [-0.4, -0.2) is 27.0 Å². The highest BCUT2D eigenvalue weighted by atomic mass is 32.2. The molecule has 0 unspecified atom stereocenters. The van der Waals surface area contributed by atoms with Crippen LogP contribution in [-0.2, 0) is 4.79 Å². The number of nitrogens with one attached hydrogen (secondary N) is 1. The maximum absolute atomic E-state index is 11.9. The maximum Gasteiger partial charge on any atom is 0.224 e. The molecule has 5 nitrogen and oxygen atoms in total. The van der Waals surface area contributed by atoms with Crippen LogP contribution >= 0.6 is 11.8 Å². The van der Waals surface area contributed by atoms with E-state index in [1.807, 2.05) is 67.2 Å². The number of fused-ring (bicyclic) bond motifs is 1. The van der Waals surface area contributed by atoms with E-state index < -0.39 is 0 Å². The third kappa shape index (κ3) is 4.17. The number of thioether (sulfide) groups is 1. The Labute approximate surface area is 168 Å². The van der Waals surface area contributed by atoms with Crippen LogP contribution in [0.5, 0.6) is 0 Å². The largest absolute Gasteiger partial charge is 0.326 e. The van der Waals surface area contributed by atoms with Gasteiger partial charge in [0.15, 0.2) is 5.16 Å². The zero-order valence-electron chi connectivity index (χ0n) is 15.9. The number of carbonyl (C=O) groups is 1. The Hall–Kier alpha value is -2.86. The second-order valence-corrected chi connectivity index (χ2v) is 8.12. The maximum atomic E-state index is 11.9. The number of nitrogens with zero attached hydrogens (tertiary/aromatic N) is 3. The number of anilines is 1. The van der Waals surface area contributed by atoms with Gasteiger partial charge in [0.1, 0.15) is 0 Å². The van der Waals surface area contributed by atoms with E-state index in [-0.39, 0.29) is 5.91 Å². The highest BCUT2D eigenvalue weighted by molar-refractivity contribution is 7.99. The highest BCUT2D eigenvalue weighted by Crippen LogP contribution is 2.28. The molecule has 1 N–H and O–H groups in total. The molecule has 0 fully saturated rings. The monoisotopic (exact) mass is 390 g/mol. The molecule has 1 aliphatic heterocycles. The van der Waals surface area contributed by atoms with Gasteiger partial charge in [-0.25, -0.2) is 9.66 Å². The quantitative estimate of drug-likeness (QED) is 0.674. The van der Waals surface area contributed by atoms with Crippen molar-refractivity contribution in [2.24, 2.45) is 11.0 Å². The van der Waals surface area contributed by atoms with Crippen LogP contribution in [0.1, 0.15) is 25.8 Å². The van der Waals surface area contributed by atoms with E-state index in [1.165, 1.54) is 0 Å². The number of benzene rings is 2. The summed E-state index contributed by atoms with van der Waals surface area (Å²) in [6.45, 7) is 4.07. The Morgan fingerprint density at radius 1 is 1.11 bits per heavy atom. The molecule has 0 spiro atoms. The van der Waals surface area contributed by atoms with E-state index in [0.29, 0.717) is 12.3 Å². The molecular weight excluding hydrogens is 368 g/mol. The predicted octanol–water partition coefficient (Wildman–Crippen LogP) is 4.89. The summed E-state index contributed by atoms with van der Waals surface area (Å²) in [6.07, 6.45) is 2.50. The van der Waals surface area contributed by atoms with Gasteiger partial charge in [-0.3, -0.25) is 4.79 Å². The van der Waals surface area contributed by atoms with Crippen molar-refractivity contribution in [2.75, 3.05) is 11.1 Å². The van der Waals surface area contributed by atoms with Gasteiger partial charge in [-0.1, -0.05) is 68.1 Å². The zero-order valence-corrected chi connectivity index (χ0v) is 16.7. The van der Waals surface area contributed by atoms with Crippen LogP contribution in [0.15, 0.2) is 71.1 Å². The lowest BCUT2D eigenvalue weighted by Crippen LogP contribution is -2.15. The van der Waals surface area contributed by atoms with Crippen LogP contribution < -0.4 is 5.32 Å². The smallest absolute Gasteiger partial charge is 0.224 e. The van der Waals surface area contributed by atoms with Crippen LogP contribution in [0.2, 0.25) is 0 Å². The van der Waals surface area contributed by atoms with Gasteiger partial charge >= 0.3 is 0 Å². The first-order chi connectivity index (χ1) is 13.6. The van der Waals surface area contributed by atoms with Crippen molar-refractivity contribution in [3.63, 3.8) is 0 Å². The number of carbonyl (C=O) groups excluding carboxylic acids is 1. The Morgan fingerprint density at radius 3 is 2.57 bits per heavy atom. The summed E-state index contributed by atoms with van der Waals surface area (Å²) >= 11 is 1.68. The van der Waals surface area contributed by atoms with Crippen LogP contribution in [0.3, 0.4) is 0 Å². The molecule has 2 aromatic carbocycles. The Bertz CT molecular complexity index is 1010. The summed E-state index contributed by atoms with van der Waals surface area (Å²) in [5.74, 6) is 1.16. The predicted molar refractivity (Wildman–Crippen MR) is 115 cm³/mol. The molecule has 0 aliphatic carbocycles. The van der Waals surface area contributed by atoms with Gasteiger partial charge in [0.05, 0.1) is 17.6 Å². The fraction of sp³-hybridized carbons (Fsp3) is 0.227. The van der Waals surface area contributed by atoms with Crippen LogP contribution in [0.25, 0.3) is 11.3 Å². The minimum atomic E-state index is 0.0461. The van der Waals surface area contributed by atoms with Gasteiger partial charge in [-0.05, 0) is 23.6 Å². The van der Waals surface area contributed by atoms with Gasteiger partial charge < -0.3 is 5.32 Å². The van der Waals surface area contributed by atoms with Gasteiger partial charge in [0, 0.05) is 23.4 Å². The molecule has 4 rings (SSSR count). The first-order valence-corrected chi connectivity index (χ1v) is 10.3. The number of hydrogen-bond donors (Lipinski definition) is 1. The number of rotatable bonds is 5. The molecule has 1 aromatic heterocycles. The minimum Gasteiger partial charge on any atom is -0.326 e. The number of amides is 1. The van der Waals surface area contributed by atoms with E-state index in [1.54, 1.807) is 11.8 Å². The first-order valence-electron chi connectivity index (χ1n) is 9.34. The van der Waals surface area contributed by atoms with E-state index in [2.05, 4.69) is 17.4 Å². The number of aromatic nitrogens is 2. The molecule has 142 valence electrons. The van der Waals surface area contributed by atoms with Crippen molar-refractivity contribution >= 4 is 29.1 Å². The third-order valence-corrected chi connectivity index (χ3v) is 5.34. The molecule has 0 radical (unpaired) electrons. The molecule has 1 amide bonds. The van der Waals surface area contributed by atoms with Gasteiger partial charge in [0.25, 0.3) is 0 Å². The van der Waals surface area contributed by atoms with Gasteiger partial charge in [-0.2, -0.15) is 5.10 Å². The van der Waals surface area contributed by atoms with Crippen molar-refractivity contribution in [2.45, 2.75) is 25.4 Å². The van der Waals surface area contributed by atoms with E-state index in [4.69, 9.17) is 10.1 Å². The summed E-state index contributed by atoms with van der Waals surface area (Å²) in [6, 6.07) is 18.0. The van der Waals surface area contributed by atoms with Crippen molar-refractivity contribution in [1.29, 1.82) is 0 Å². The molecule has 28 heavy (non-hydrogen) atoms. The summed E-state index contributed by atoms with van der Waals surface area (Å²) in [5.41, 5.74) is 4.87. The van der Waals surface area contributed by atoms with E-state index in [0.717, 1.165) is 39.1 Å². The molecule has 0 bridgehead atoms. The molecule has 0 atom stereocenters. The highest BCUT2D eigenvalue weighted by Gasteiger charge is 2.17. The number of hydrogen-bond acceptors (Lipinski definition) is 4. The van der Waals surface area contributed by atoms with E-state index >= 15 is 0 Å². The average molecular weight is 391 g/mol. The van der Waals surface area contributed by atoms with Crippen molar-refractivity contribution < 1.29 is 4.79 Å². The second-order valence-electron chi connectivity index (χ2n) is 7.18. The molecule has 3 aromatic rings. The standard InChI is InChI=1S/C22H22N4OS/c1-15(2)12-21(27)23-18-10-8-17(9-11-18)20-14-28-22-24-19(13-26(22)25-20)16-6-4-3-5-7-16/h3-11,13,15H,12,14H2,1-2H3,(H,23,27). The van der Waals surface area contributed by atoms with Crippen molar-refractivity contribution in [1.82, 2.24) is 9.66 Å². The molecule has 0 saturated heterocycles. The molecule has 1 aliphatic rings. The molecule has 2 heterocycles. The summed E-state index contributed by atoms with van der Waals surface area (Å²) in [7, 11) is 0. The van der Waals surface area contributed by atoms with Crippen molar-refractivity contribution in [3.05, 3.63) is 66.4 Å². The van der Waals surface area contributed by atoms with Crippen LogP contribution in [0, 0.1) is 5.92 Å². The van der Waals surface area contributed by atoms with E-state index in [9.17, 15) is 4.79 Å². The van der Waals surface area contributed by atoms with Gasteiger partial charge in [-0.15, -0.1) is 0 Å². The summed E-state index contributed by atoms with van der Waals surface area (Å²) in [5, 5.41) is 8.60. The SMILES string of the molecule is CC(C)CC(=O)Nc1ccc(C2=Nn3cc(-c4ccccc4)nc3SC2)cc1. The first kappa shape index (κ1) is 18.5. The Balaban J connectivity index is 1.51. The second kappa shape index (κ2) is 8.02. The Kier molecular flexibility index (Phi) is 5.30. The third-order valence-electron chi connectivity index (χ3n) is 4.39. The minimum absolute atomic E-state index is 0.0461. The summed E-state index contributed by atoms with van der Waals surface area (Å²) < 4.78 is 1.85. The lowest BCUT2D eigenvalue weighted by atomic mass is 10.1. The van der Waals surface area contributed by atoms with Crippen molar-refractivity contribution in [3.8, 4) is 11.3 Å². The topological polar surface area (TPSA) is 59.3 Å². The molecular formula is C22H22N4OS. The van der Waals surface area contributed by atoms with Crippen LogP contribution in [0.4, 0.5) is 5.69 Å². The Morgan fingerprint density at radius 2 is 1.86 bits per heavy atom. The summed E-state index contributed by atoms with van der Waals surface area (Å²) in [4.78, 5) is 16.6. The fourth-order valence-corrected chi connectivity index (χ4v) is 3.91. The normalized spacial score (nSPS) is 13.2. The lowest BCUT2D eigenvalue weighted by Gasteiger charge is -2.13. The molecule has 6 heteroatoms. The fourth-order valence-electron chi connectivity index (χ4n) is 3.03. The zero-order chi connectivity index (χ0) is 19.5.